The van der Waals surface area contributed by atoms with Gasteiger partial charge in [-0.15, -0.1) is 0 Å². The highest BCUT2D eigenvalue weighted by molar-refractivity contribution is 9.10. The summed E-state index contributed by atoms with van der Waals surface area (Å²) in [5.74, 6) is -0.198. The Bertz CT molecular complexity index is 354. The van der Waals surface area contributed by atoms with Gasteiger partial charge in [-0.25, -0.2) is 4.39 Å². The molecule has 0 saturated carbocycles. The van der Waals surface area contributed by atoms with Crippen LogP contribution in [0.25, 0.3) is 0 Å². The predicted molar refractivity (Wildman–Crippen MR) is 79.0 cm³/mol. The summed E-state index contributed by atoms with van der Waals surface area (Å²) in [4.78, 5) is 0. The zero-order valence-electron chi connectivity index (χ0n) is 11.1. The van der Waals surface area contributed by atoms with Crippen LogP contribution < -0.4 is 5.73 Å². The Balaban J connectivity index is 2.31. The SMILES string of the molecule is CCCCCCCCC(N)c1cc(Br)ccc1F. The molecule has 18 heavy (non-hydrogen) atoms. The number of hydrogen-bond donors (Lipinski definition) is 1. The predicted octanol–water partition coefficient (Wildman–Crippen LogP) is 5.34. The van der Waals surface area contributed by atoms with E-state index >= 15 is 0 Å². The summed E-state index contributed by atoms with van der Waals surface area (Å²) < 4.78 is 14.5. The van der Waals surface area contributed by atoms with E-state index in [4.69, 9.17) is 5.73 Å². The third-order valence-corrected chi connectivity index (χ3v) is 3.72. The number of unbranched alkanes of at least 4 members (excludes halogenated alkanes) is 5. The molecule has 102 valence electrons. The molecule has 0 aromatic heterocycles. The summed E-state index contributed by atoms with van der Waals surface area (Å²) in [6, 6.07) is 4.78. The van der Waals surface area contributed by atoms with Crippen LogP contribution in [0.1, 0.15) is 63.5 Å². The smallest absolute Gasteiger partial charge is 0.128 e. The van der Waals surface area contributed by atoms with E-state index in [1.165, 1.54) is 38.2 Å². The molecule has 0 spiro atoms. The van der Waals surface area contributed by atoms with Crippen molar-refractivity contribution in [3.8, 4) is 0 Å². The monoisotopic (exact) mass is 315 g/mol. The van der Waals surface area contributed by atoms with E-state index in [-0.39, 0.29) is 11.9 Å². The lowest BCUT2D eigenvalue weighted by molar-refractivity contribution is 0.523. The number of rotatable bonds is 8. The van der Waals surface area contributed by atoms with Gasteiger partial charge in [0, 0.05) is 16.1 Å². The fraction of sp³-hybridized carbons (Fsp3) is 0.600. The standard InChI is InChI=1S/C15H23BrFN/c1-2-3-4-5-6-7-8-15(18)13-11-12(16)9-10-14(13)17/h9-11,15H,2-8,18H2,1H3. The van der Waals surface area contributed by atoms with Crippen molar-refractivity contribution >= 4 is 15.9 Å². The molecule has 1 aromatic carbocycles. The summed E-state index contributed by atoms with van der Waals surface area (Å²) in [5.41, 5.74) is 6.67. The van der Waals surface area contributed by atoms with Crippen molar-refractivity contribution in [1.29, 1.82) is 0 Å². The maximum Gasteiger partial charge on any atom is 0.128 e. The van der Waals surface area contributed by atoms with Crippen LogP contribution in [0.4, 0.5) is 4.39 Å². The third kappa shape index (κ3) is 5.49. The van der Waals surface area contributed by atoms with E-state index in [9.17, 15) is 4.39 Å². The first-order valence-electron chi connectivity index (χ1n) is 6.85. The molecular formula is C15H23BrFN. The minimum absolute atomic E-state index is 0.186. The minimum Gasteiger partial charge on any atom is -0.324 e. The lowest BCUT2D eigenvalue weighted by Gasteiger charge is -2.13. The largest absolute Gasteiger partial charge is 0.324 e. The molecule has 3 heteroatoms. The molecule has 1 atom stereocenters. The van der Waals surface area contributed by atoms with Gasteiger partial charge in [-0.2, -0.15) is 0 Å². The average molecular weight is 316 g/mol. The second-order valence-electron chi connectivity index (χ2n) is 4.83. The van der Waals surface area contributed by atoms with Crippen LogP contribution in [0.2, 0.25) is 0 Å². The number of hydrogen-bond acceptors (Lipinski definition) is 1. The molecule has 0 saturated heterocycles. The average Bonchev–Trinajstić information content (AvgIpc) is 2.36. The number of halogens is 2. The molecule has 0 fully saturated rings. The molecule has 0 bridgehead atoms. The maximum absolute atomic E-state index is 13.6. The van der Waals surface area contributed by atoms with Gasteiger partial charge in [0.2, 0.25) is 0 Å². The van der Waals surface area contributed by atoms with Gasteiger partial charge in [-0.1, -0.05) is 61.4 Å². The highest BCUT2D eigenvalue weighted by Gasteiger charge is 2.11. The van der Waals surface area contributed by atoms with Crippen molar-refractivity contribution in [2.75, 3.05) is 0 Å². The zero-order chi connectivity index (χ0) is 13.4. The Labute approximate surface area is 118 Å². The van der Waals surface area contributed by atoms with Crippen LogP contribution in [0.15, 0.2) is 22.7 Å². The van der Waals surface area contributed by atoms with Crippen molar-refractivity contribution in [3.63, 3.8) is 0 Å². The molecule has 0 aliphatic rings. The van der Waals surface area contributed by atoms with Crippen molar-refractivity contribution in [1.82, 2.24) is 0 Å². The Morgan fingerprint density at radius 2 is 1.83 bits per heavy atom. The van der Waals surface area contributed by atoms with Crippen molar-refractivity contribution in [2.45, 2.75) is 57.9 Å². The van der Waals surface area contributed by atoms with Crippen LogP contribution in [0.5, 0.6) is 0 Å². The van der Waals surface area contributed by atoms with Crippen LogP contribution in [-0.4, -0.2) is 0 Å². The summed E-state index contributed by atoms with van der Waals surface area (Å²) in [6.45, 7) is 2.21. The second kappa shape index (κ2) is 8.65. The molecule has 1 rings (SSSR count). The zero-order valence-corrected chi connectivity index (χ0v) is 12.7. The van der Waals surface area contributed by atoms with Crippen LogP contribution in [-0.2, 0) is 0 Å². The van der Waals surface area contributed by atoms with Crippen molar-refractivity contribution in [2.24, 2.45) is 5.73 Å². The maximum atomic E-state index is 13.6. The highest BCUT2D eigenvalue weighted by Crippen LogP contribution is 2.24. The van der Waals surface area contributed by atoms with Gasteiger partial charge in [-0.05, 0) is 24.6 Å². The molecule has 1 nitrogen and oxygen atoms in total. The summed E-state index contributed by atoms with van der Waals surface area (Å²) in [5, 5.41) is 0. The minimum atomic E-state index is -0.198. The second-order valence-corrected chi connectivity index (χ2v) is 5.74. The number of benzene rings is 1. The van der Waals surface area contributed by atoms with Gasteiger partial charge < -0.3 is 5.73 Å². The van der Waals surface area contributed by atoms with E-state index in [0.717, 1.165) is 17.3 Å². The van der Waals surface area contributed by atoms with E-state index in [0.29, 0.717) is 5.56 Å². The molecule has 0 radical (unpaired) electrons. The van der Waals surface area contributed by atoms with E-state index < -0.39 is 0 Å². The Morgan fingerprint density at radius 1 is 1.17 bits per heavy atom. The van der Waals surface area contributed by atoms with E-state index in [2.05, 4.69) is 22.9 Å². The quantitative estimate of drug-likeness (QED) is 0.644. The molecule has 0 heterocycles. The Morgan fingerprint density at radius 3 is 2.56 bits per heavy atom. The van der Waals surface area contributed by atoms with Gasteiger partial charge >= 0.3 is 0 Å². The van der Waals surface area contributed by atoms with Crippen molar-refractivity contribution in [3.05, 3.63) is 34.1 Å². The lowest BCUT2D eigenvalue weighted by Crippen LogP contribution is -2.12. The normalized spacial score (nSPS) is 12.7. The first kappa shape index (κ1) is 15.6. The van der Waals surface area contributed by atoms with Gasteiger partial charge in [0.25, 0.3) is 0 Å². The topological polar surface area (TPSA) is 26.0 Å². The molecule has 0 amide bonds. The van der Waals surface area contributed by atoms with E-state index in [1.807, 2.05) is 0 Å². The Hall–Kier alpha value is -0.410. The molecule has 0 aliphatic carbocycles. The fourth-order valence-corrected chi connectivity index (χ4v) is 2.48. The third-order valence-electron chi connectivity index (χ3n) is 3.23. The first-order valence-corrected chi connectivity index (χ1v) is 7.65. The van der Waals surface area contributed by atoms with Crippen molar-refractivity contribution < 1.29 is 4.39 Å². The van der Waals surface area contributed by atoms with Gasteiger partial charge in [-0.3, -0.25) is 0 Å². The number of nitrogens with two attached hydrogens (primary N) is 1. The molecule has 2 N–H and O–H groups in total. The van der Waals surface area contributed by atoms with Crippen LogP contribution >= 0.6 is 15.9 Å². The summed E-state index contributed by atoms with van der Waals surface area (Å²) in [7, 11) is 0. The van der Waals surface area contributed by atoms with Gasteiger partial charge in [0.05, 0.1) is 0 Å². The van der Waals surface area contributed by atoms with Crippen LogP contribution in [0.3, 0.4) is 0 Å². The molecule has 1 aromatic rings. The van der Waals surface area contributed by atoms with Gasteiger partial charge in [0.15, 0.2) is 0 Å². The van der Waals surface area contributed by atoms with E-state index in [1.54, 1.807) is 12.1 Å². The van der Waals surface area contributed by atoms with Gasteiger partial charge in [0.1, 0.15) is 5.82 Å². The fourth-order valence-electron chi connectivity index (χ4n) is 2.10. The first-order chi connectivity index (χ1) is 8.65. The lowest BCUT2D eigenvalue weighted by atomic mass is 10.00. The molecule has 0 aliphatic heterocycles. The van der Waals surface area contributed by atoms with Crippen LogP contribution in [0, 0.1) is 5.82 Å². The molecule has 1 unspecified atom stereocenters. The summed E-state index contributed by atoms with van der Waals surface area (Å²) >= 11 is 3.35. The highest BCUT2D eigenvalue weighted by atomic mass is 79.9. The molecular weight excluding hydrogens is 293 g/mol. The Kier molecular flexibility index (Phi) is 7.52. The summed E-state index contributed by atoms with van der Waals surface area (Å²) in [6.07, 6.45) is 8.28.